The van der Waals surface area contributed by atoms with Crippen molar-refractivity contribution >= 4 is 37.8 Å². The van der Waals surface area contributed by atoms with Gasteiger partial charge in [-0.3, -0.25) is 4.79 Å². The minimum absolute atomic E-state index is 0.344. The normalized spacial score (nSPS) is 12.2. The topological polar surface area (TPSA) is 65.2 Å². The molecule has 0 aliphatic heterocycles. The van der Waals surface area contributed by atoms with Crippen molar-refractivity contribution in [3.63, 3.8) is 0 Å². The second-order valence-corrected chi connectivity index (χ2v) is 4.81. The number of nitrogens with two attached hydrogens (primary N) is 1. The lowest BCUT2D eigenvalue weighted by molar-refractivity contribution is -0.144. The minimum atomic E-state index is -0.638. The molecule has 0 bridgehead atoms. The van der Waals surface area contributed by atoms with Crippen molar-refractivity contribution in [1.29, 1.82) is 0 Å². The van der Waals surface area contributed by atoms with Crippen molar-refractivity contribution in [2.75, 3.05) is 6.61 Å². The predicted octanol–water partition coefficient (Wildman–Crippen LogP) is 2.04. The number of carbonyl (C=O) groups is 1. The number of hydrogen-bond donors (Lipinski definition) is 1. The number of pyridine rings is 1. The lowest BCUT2D eigenvalue weighted by Crippen LogP contribution is -2.34. The summed E-state index contributed by atoms with van der Waals surface area (Å²) in [6, 6.07) is 3.01. The summed E-state index contributed by atoms with van der Waals surface area (Å²) in [6.07, 6.45) is 0.429. The molecule has 4 nitrogen and oxygen atoms in total. The number of nitrogens with zero attached hydrogens (tertiary/aromatic N) is 1. The summed E-state index contributed by atoms with van der Waals surface area (Å²) in [5.74, 6) is -0.383. The fourth-order valence-electron chi connectivity index (χ4n) is 1.22. The van der Waals surface area contributed by atoms with Crippen LogP contribution in [-0.2, 0) is 16.0 Å². The van der Waals surface area contributed by atoms with Gasteiger partial charge >= 0.3 is 5.97 Å². The molecule has 0 radical (unpaired) electrons. The molecular weight excluding hydrogens is 340 g/mol. The fourth-order valence-corrected chi connectivity index (χ4v) is 2.43. The van der Waals surface area contributed by atoms with Crippen LogP contribution in [0.25, 0.3) is 0 Å². The summed E-state index contributed by atoms with van der Waals surface area (Å²) in [6.45, 7) is 2.10. The van der Waals surface area contributed by atoms with Crippen molar-refractivity contribution < 1.29 is 9.53 Å². The van der Waals surface area contributed by atoms with E-state index in [0.717, 1.165) is 5.56 Å². The van der Waals surface area contributed by atoms with Crippen molar-refractivity contribution in [2.45, 2.75) is 19.4 Å². The average Bonchev–Trinajstić information content (AvgIpc) is 2.16. The van der Waals surface area contributed by atoms with E-state index < -0.39 is 6.04 Å². The lowest BCUT2D eigenvalue weighted by Gasteiger charge is -2.10. The summed E-state index contributed by atoms with van der Waals surface area (Å²) < 4.78 is 6.24. The molecule has 1 aromatic heterocycles. The van der Waals surface area contributed by atoms with Crippen LogP contribution >= 0.6 is 31.9 Å². The van der Waals surface area contributed by atoms with Gasteiger partial charge in [0.25, 0.3) is 0 Å². The quantitative estimate of drug-likeness (QED) is 0.666. The number of hydrogen-bond acceptors (Lipinski definition) is 4. The Bertz CT molecular complexity index is 365. The minimum Gasteiger partial charge on any atom is -0.465 e. The van der Waals surface area contributed by atoms with Crippen LogP contribution in [0.4, 0.5) is 0 Å². The molecule has 6 heteroatoms. The number of halogens is 2. The van der Waals surface area contributed by atoms with Gasteiger partial charge in [0.15, 0.2) is 0 Å². The van der Waals surface area contributed by atoms with Crippen LogP contribution in [0.5, 0.6) is 0 Å². The molecule has 0 fully saturated rings. The first kappa shape index (κ1) is 13.6. The highest BCUT2D eigenvalue weighted by Crippen LogP contribution is 2.16. The van der Waals surface area contributed by atoms with Gasteiger partial charge in [-0.1, -0.05) is 0 Å². The average molecular weight is 352 g/mol. The maximum absolute atomic E-state index is 11.3. The van der Waals surface area contributed by atoms with E-state index in [0.29, 0.717) is 22.2 Å². The van der Waals surface area contributed by atoms with Crippen LogP contribution in [0.1, 0.15) is 12.5 Å². The molecule has 0 saturated heterocycles. The van der Waals surface area contributed by atoms with Gasteiger partial charge < -0.3 is 10.5 Å². The molecule has 16 heavy (non-hydrogen) atoms. The highest BCUT2D eigenvalue weighted by atomic mass is 79.9. The van der Waals surface area contributed by atoms with Crippen molar-refractivity contribution in [2.24, 2.45) is 5.73 Å². The standard InChI is InChI=1S/C10H12Br2N2O2/c1-2-16-10(15)7(13)3-6-4-8(11)14-9(12)5-6/h4-5,7H,2-3,13H2,1H3. The first-order valence-corrected chi connectivity index (χ1v) is 6.35. The van der Waals surface area contributed by atoms with Crippen LogP contribution in [0.3, 0.4) is 0 Å². The predicted molar refractivity (Wildman–Crippen MR) is 67.9 cm³/mol. The highest BCUT2D eigenvalue weighted by molar-refractivity contribution is 9.11. The van der Waals surface area contributed by atoms with Gasteiger partial charge in [-0.05, 0) is 62.9 Å². The maximum atomic E-state index is 11.3. The molecule has 0 amide bonds. The summed E-state index contributed by atoms with van der Waals surface area (Å²) in [5.41, 5.74) is 6.64. The number of esters is 1. The van der Waals surface area contributed by atoms with Gasteiger partial charge in [-0.15, -0.1) is 0 Å². The Balaban J connectivity index is 2.69. The van der Waals surface area contributed by atoms with Gasteiger partial charge in [0.2, 0.25) is 0 Å². The van der Waals surface area contributed by atoms with Gasteiger partial charge in [-0.2, -0.15) is 0 Å². The van der Waals surface area contributed by atoms with E-state index in [1.165, 1.54) is 0 Å². The molecule has 2 N–H and O–H groups in total. The van der Waals surface area contributed by atoms with Gasteiger partial charge in [0, 0.05) is 0 Å². The lowest BCUT2D eigenvalue weighted by atomic mass is 10.1. The molecule has 0 aliphatic rings. The molecule has 0 aliphatic carbocycles. The molecule has 1 heterocycles. The van der Waals surface area contributed by atoms with Crippen LogP contribution in [0.2, 0.25) is 0 Å². The third-order valence-corrected chi connectivity index (χ3v) is 2.68. The highest BCUT2D eigenvalue weighted by Gasteiger charge is 2.15. The Morgan fingerprint density at radius 1 is 1.50 bits per heavy atom. The molecule has 88 valence electrons. The Kier molecular flexibility index (Phi) is 5.37. The number of aromatic nitrogens is 1. The van der Waals surface area contributed by atoms with Crippen molar-refractivity contribution in [1.82, 2.24) is 4.98 Å². The maximum Gasteiger partial charge on any atom is 0.323 e. The molecule has 1 unspecified atom stereocenters. The van der Waals surface area contributed by atoms with E-state index in [1.54, 1.807) is 6.92 Å². The molecule has 1 aromatic rings. The van der Waals surface area contributed by atoms with Gasteiger partial charge in [0.05, 0.1) is 6.61 Å². The van der Waals surface area contributed by atoms with Crippen LogP contribution in [-0.4, -0.2) is 23.6 Å². The first-order valence-electron chi connectivity index (χ1n) is 4.77. The van der Waals surface area contributed by atoms with E-state index >= 15 is 0 Å². The van der Waals surface area contributed by atoms with E-state index in [9.17, 15) is 4.79 Å². The van der Waals surface area contributed by atoms with Crippen LogP contribution in [0, 0.1) is 0 Å². The van der Waals surface area contributed by atoms with Gasteiger partial charge in [0.1, 0.15) is 15.2 Å². The Labute approximate surface area is 111 Å². The Morgan fingerprint density at radius 3 is 2.56 bits per heavy atom. The zero-order chi connectivity index (χ0) is 12.1. The van der Waals surface area contributed by atoms with E-state index in [1.807, 2.05) is 12.1 Å². The molecule has 0 aromatic carbocycles. The van der Waals surface area contributed by atoms with Gasteiger partial charge in [-0.25, -0.2) is 4.98 Å². The van der Waals surface area contributed by atoms with E-state index in [4.69, 9.17) is 10.5 Å². The summed E-state index contributed by atoms with van der Waals surface area (Å²) in [4.78, 5) is 15.4. The smallest absolute Gasteiger partial charge is 0.323 e. The second-order valence-electron chi connectivity index (χ2n) is 3.18. The molecule has 1 rings (SSSR count). The van der Waals surface area contributed by atoms with E-state index in [2.05, 4.69) is 36.8 Å². The van der Waals surface area contributed by atoms with Crippen LogP contribution in [0.15, 0.2) is 21.3 Å². The zero-order valence-corrected chi connectivity index (χ0v) is 11.9. The SMILES string of the molecule is CCOC(=O)C(N)Cc1cc(Br)nc(Br)c1. The Hall–Kier alpha value is -0.460. The monoisotopic (exact) mass is 350 g/mol. The fraction of sp³-hybridized carbons (Fsp3) is 0.400. The number of ether oxygens (including phenoxy) is 1. The zero-order valence-electron chi connectivity index (χ0n) is 8.74. The first-order chi connectivity index (χ1) is 7.52. The molecule has 1 atom stereocenters. The molecular formula is C10H12Br2N2O2. The van der Waals surface area contributed by atoms with Crippen molar-refractivity contribution in [3.8, 4) is 0 Å². The second kappa shape index (κ2) is 6.32. The number of rotatable bonds is 4. The summed E-state index contributed by atoms with van der Waals surface area (Å²) in [7, 11) is 0. The van der Waals surface area contributed by atoms with Crippen LogP contribution < -0.4 is 5.73 Å². The summed E-state index contributed by atoms with van der Waals surface area (Å²) >= 11 is 6.55. The molecule has 0 saturated carbocycles. The summed E-state index contributed by atoms with van der Waals surface area (Å²) in [5, 5.41) is 0. The number of carbonyl (C=O) groups excluding carboxylic acids is 1. The third-order valence-electron chi connectivity index (χ3n) is 1.87. The third kappa shape index (κ3) is 4.19. The largest absolute Gasteiger partial charge is 0.465 e. The van der Waals surface area contributed by atoms with E-state index in [-0.39, 0.29) is 5.97 Å². The molecule has 0 spiro atoms. The van der Waals surface area contributed by atoms with Crippen molar-refractivity contribution in [3.05, 3.63) is 26.9 Å². The Morgan fingerprint density at radius 2 is 2.06 bits per heavy atom.